The summed E-state index contributed by atoms with van der Waals surface area (Å²) in [5, 5.41) is 4.04. The monoisotopic (exact) mass is 279 g/mol. The molecule has 0 aliphatic heterocycles. The number of benzene rings is 1. The molecule has 2 aromatic rings. The first-order valence-corrected chi connectivity index (χ1v) is 7.80. The van der Waals surface area contributed by atoms with Crippen molar-refractivity contribution in [3.05, 3.63) is 47.8 Å². The molecule has 1 atom stereocenters. The zero-order chi connectivity index (χ0) is 14.0. The summed E-state index contributed by atoms with van der Waals surface area (Å²) in [6.07, 6.45) is 4.02. The van der Waals surface area contributed by atoms with Crippen molar-refractivity contribution >= 4 is 9.84 Å². The molecule has 0 radical (unpaired) electrons. The van der Waals surface area contributed by atoms with Gasteiger partial charge in [-0.1, -0.05) is 24.3 Å². The fraction of sp³-hybridized carbons (Fsp3) is 0.308. The van der Waals surface area contributed by atoms with E-state index in [1.165, 1.54) is 12.4 Å². The summed E-state index contributed by atoms with van der Waals surface area (Å²) in [7, 11) is -3.21. The van der Waals surface area contributed by atoms with Crippen molar-refractivity contribution in [2.45, 2.75) is 24.4 Å². The molecule has 0 aliphatic rings. The van der Waals surface area contributed by atoms with Crippen molar-refractivity contribution in [1.82, 2.24) is 9.78 Å². The fourth-order valence-electron chi connectivity index (χ4n) is 1.94. The van der Waals surface area contributed by atoms with Gasteiger partial charge in [0.15, 0.2) is 9.84 Å². The van der Waals surface area contributed by atoms with Crippen molar-refractivity contribution in [3.8, 4) is 0 Å². The third-order valence-electron chi connectivity index (χ3n) is 3.01. The van der Waals surface area contributed by atoms with Crippen LogP contribution in [-0.4, -0.2) is 24.5 Å². The van der Waals surface area contributed by atoms with Crippen LogP contribution in [0.15, 0.2) is 41.6 Å². The Morgan fingerprint density at radius 1 is 1.37 bits per heavy atom. The number of aromatic nitrogens is 2. The number of hydrogen-bond acceptors (Lipinski definition) is 4. The van der Waals surface area contributed by atoms with E-state index < -0.39 is 9.84 Å². The Hall–Kier alpha value is -1.66. The van der Waals surface area contributed by atoms with Gasteiger partial charge in [-0.05, 0) is 18.1 Å². The van der Waals surface area contributed by atoms with Crippen LogP contribution < -0.4 is 5.73 Å². The molecular weight excluding hydrogens is 262 g/mol. The van der Waals surface area contributed by atoms with E-state index in [-0.39, 0.29) is 10.9 Å². The van der Waals surface area contributed by atoms with Crippen LogP contribution in [0.5, 0.6) is 0 Å². The average Bonchev–Trinajstić information content (AvgIpc) is 2.77. The van der Waals surface area contributed by atoms with Crippen LogP contribution in [0.1, 0.15) is 17.2 Å². The van der Waals surface area contributed by atoms with E-state index in [1.54, 1.807) is 4.68 Å². The Balaban J connectivity index is 2.18. The Morgan fingerprint density at radius 2 is 2.05 bits per heavy atom. The van der Waals surface area contributed by atoms with Crippen LogP contribution >= 0.6 is 0 Å². The maximum absolute atomic E-state index is 11.4. The zero-order valence-corrected chi connectivity index (χ0v) is 11.8. The van der Waals surface area contributed by atoms with E-state index >= 15 is 0 Å². The molecule has 1 aromatic carbocycles. The van der Waals surface area contributed by atoms with Gasteiger partial charge in [-0.25, -0.2) is 8.42 Å². The minimum absolute atomic E-state index is 0.212. The highest BCUT2D eigenvalue weighted by Gasteiger charge is 2.13. The van der Waals surface area contributed by atoms with Crippen LogP contribution in [0.3, 0.4) is 0 Å². The minimum Gasteiger partial charge on any atom is -0.322 e. The van der Waals surface area contributed by atoms with E-state index in [4.69, 9.17) is 5.73 Å². The number of nitrogens with two attached hydrogens (primary N) is 1. The van der Waals surface area contributed by atoms with Gasteiger partial charge in [0.25, 0.3) is 0 Å². The molecule has 2 N–H and O–H groups in total. The van der Waals surface area contributed by atoms with Gasteiger partial charge in [0.1, 0.15) is 4.90 Å². The SMILES string of the molecule is Cc1ccccc1C(N)Cn1cc(S(C)(=O)=O)cn1. The van der Waals surface area contributed by atoms with Crippen molar-refractivity contribution < 1.29 is 8.42 Å². The number of aryl methyl sites for hydroxylation is 1. The van der Waals surface area contributed by atoms with E-state index in [9.17, 15) is 8.42 Å². The number of nitrogens with zero attached hydrogens (tertiary/aromatic N) is 2. The molecule has 2 rings (SSSR count). The van der Waals surface area contributed by atoms with Gasteiger partial charge in [-0.15, -0.1) is 0 Å². The highest BCUT2D eigenvalue weighted by Crippen LogP contribution is 2.17. The highest BCUT2D eigenvalue weighted by molar-refractivity contribution is 7.90. The van der Waals surface area contributed by atoms with Crippen molar-refractivity contribution in [2.75, 3.05) is 6.26 Å². The van der Waals surface area contributed by atoms with Crippen molar-refractivity contribution in [1.29, 1.82) is 0 Å². The van der Waals surface area contributed by atoms with Gasteiger partial charge < -0.3 is 5.73 Å². The molecule has 0 aliphatic carbocycles. The second kappa shape index (κ2) is 5.14. The van der Waals surface area contributed by atoms with E-state index in [0.29, 0.717) is 6.54 Å². The lowest BCUT2D eigenvalue weighted by molar-refractivity contribution is 0.525. The first kappa shape index (κ1) is 13.8. The second-order valence-electron chi connectivity index (χ2n) is 4.63. The molecule has 1 aromatic heterocycles. The van der Waals surface area contributed by atoms with E-state index in [2.05, 4.69) is 5.10 Å². The molecule has 0 fully saturated rings. The molecular formula is C13H17N3O2S. The first-order chi connectivity index (χ1) is 8.88. The summed E-state index contributed by atoms with van der Waals surface area (Å²) in [5.41, 5.74) is 8.29. The van der Waals surface area contributed by atoms with Gasteiger partial charge in [-0.3, -0.25) is 4.68 Å². The zero-order valence-electron chi connectivity index (χ0n) is 10.9. The molecule has 102 valence electrons. The van der Waals surface area contributed by atoms with Crippen LogP contribution in [0.4, 0.5) is 0 Å². The lowest BCUT2D eigenvalue weighted by Gasteiger charge is -2.14. The lowest BCUT2D eigenvalue weighted by atomic mass is 10.0. The molecule has 1 heterocycles. The Kier molecular flexibility index (Phi) is 3.73. The summed E-state index contributed by atoms with van der Waals surface area (Å²) < 4.78 is 24.3. The van der Waals surface area contributed by atoms with Crippen LogP contribution in [0.25, 0.3) is 0 Å². The quantitative estimate of drug-likeness (QED) is 0.915. The maximum Gasteiger partial charge on any atom is 0.178 e. The molecule has 0 spiro atoms. The van der Waals surface area contributed by atoms with Gasteiger partial charge >= 0.3 is 0 Å². The summed E-state index contributed by atoms with van der Waals surface area (Å²) in [6.45, 7) is 2.45. The molecule has 5 nitrogen and oxygen atoms in total. The maximum atomic E-state index is 11.4. The lowest BCUT2D eigenvalue weighted by Crippen LogP contribution is -2.18. The Bertz CT molecular complexity index is 677. The largest absolute Gasteiger partial charge is 0.322 e. The Labute approximate surface area is 113 Å². The summed E-state index contributed by atoms with van der Waals surface area (Å²) in [4.78, 5) is 0.212. The number of sulfone groups is 1. The summed E-state index contributed by atoms with van der Waals surface area (Å²) >= 11 is 0. The summed E-state index contributed by atoms with van der Waals surface area (Å²) in [5.74, 6) is 0. The van der Waals surface area contributed by atoms with Crippen molar-refractivity contribution in [3.63, 3.8) is 0 Å². The smallest absolute Gasteiger partial charge is 0.178 e. The molecule has 1 unspecified atom stereocenters. The first-order valence-electron chi connectivity index (χ1n) is 5.91. The highest BCUT2D eigenvalue weighted by atomic mass is 32.2. The van der Waals surface area contributed by atoms with Gasteiger partial charge in [-0.2, -0.15) is 5.10 Å². The normalized spacial score (nSPS) is 13.4. The molecule has 0 amide bonds. The van der Waals surface area contributed by atoms with Crippen LogP contribution in [0.2, 0.25) is 0 Å². The minimum atomic E-state index is -3.21. The predicted octanol–water partition coefficient (Wildman–Crippen LogP) is 1.30. The van der Waals surface area contributed by atoms with E-state index in [0.717, 1.165) is 17.4 Å². The summed E-state index contributed by atoms with van der Waals surface area (Å²) in [6, 6.07) is 7.66. The number of rotatable bonds is 4. The second-order valence-corrected chi connectivity index (χ2v) is 6.65. The predicted molar refractivity (Wildman–Crippen MR) is 73.4 cm³/mol. The molecule has 6 heteroatoms. The molecule has 0 saturated carbocycles. The van der Waals surface area contributed by atoms with Gasteiger partial charge in [0, 0.05) is 18.5 Å². The third kappa shape index (κ3) is 3.21. The topological polar surface area (TPSA) is 78.0 Å². The Morgan fingerprint density at radius 3 is 2.63 bits per heavy atom. The van der Waals surface area contributed by atoms with Gasteiger partial charge in [0.05, 0.1) is 12.7 Å². The van der Waals surface area contributed by atoms with Gasteiger partial charge in [0.2, 0.25) is 0 Å². The molecule has 19 heavy (non-hydrogen) atoms. The third-order valence-corrected chi connectivity index (χ3v) is 4.08. The average molecular weight is 279 g/mol. The standard InChI is InChI=1S/C13H17N3O2S/c1-10-5-3-4-6-12(10)13(14)9-16-8-11(7-15-16)19(2,17)18/h3-8,13H,9,14H2,1-2H3. The van der Waals surface area contributed by atoms with Crippen molar-refractivity contribution in [2.24, 2.45) is 5.73 Å². The van der Waals surface area contributed by atoms with Crippen LogP contribution in [0, 0.1) is 6.92 Å². The van der Waals surface area contributed by atoms with Crippen LogP contribution in [-0.2, 0) is 16.4 Å². The molecule has 0 bridgehead atoms. The number of hydrogen-bond donors (Lipinski definition) is 1. The fourth-order valence-corrected chi connectivity index (χ4v) is 2.49. The van der Waals surface area contributed by atoms with E-state index in [1.807, 2.05) is 31.2 Å². The molecule has 0 saturated heterocycles.